The molecule has 14 heteroatoms. The van der Waals surface area contributed by atoms with Crippen molar-refractivity contribution in [3.05, 3.63) is 314 Å². The van der Waals surface area contributed by atoms with E-state index >= 15 is 35.1 Å². The van der Waals surface area contributed by atoms with Gasteiger partial charge in [0.15, 0.2) is 23.3 Å². The van der Waals surface area contributed by atoms with Gasteiger partial charge in [0.25, 0.3) is 0 Å². The highest BCUT2D eigenvalue weighted by atomic mass is 19.4. The number of nitrogens with zero attached hydrogens (tertiary/aromatic N) is 6. The van der Waals surface area contributed by atoms with Crippen LogP contribution in [-0.4, -0.2) is 29.1 Å². The summed E-state index contributed by atoms with van der Waals surface area (Å²) in [5.41, 5.74) is 7.51. The quantitative estimate of drug-likeness (QED) is 0.0735. The summed E-state index contributed by atoms with van der Waals surface area (Å²) in [5, 5.41) is 1.84. The monoisotopic (exact) mass is 1250 g/mol. The minimum atomic E-state index is -5.19. The normalized spacial score (nSPS) is 11.8. The second-order valence-electron chi connectivity index (χ2n) is 23.0. The Balaban J connectivity index is 1.04. The summed E-state index contributed by atoms with van der Waals surface area (Å²) in [7, 11) is 0. The molecule has 6 nitrogen and oxygen atoms in total. The van der Waals surface area contributed by atoms with Crippen molar-refractivity contribution in [1.29, 1.82) is 0 Å². The Morgan fingerprint density at radius 2 is 0.516 bits per heavy atom. The van der Waals surface area contributed by atoms with E-state index in [1.54, 1.807) is 97.6 Å². The molecule has 0 atom stereocenters. The molecule has 6 heterocycles. The van der Waals surface area contributed by atoms with Gasteiger partial charge >= 0.3 is 6.18 Å². The first kappa shape index (κ1) is 58.0. The molecule has 6 aromatic heterocycles. The van der Waals surface area contributed by atoms with Crippen molar-refractivity contribution in [2.75, 3.05) is 0 Å². The van der Waals surface area contributed by atoms with Gasteiger partial charge in [0.1, 0.15) is 0 Å². The van der Waals surface area contributed by atoms with Crippen LogP contribution in [0.2, 0.25) is 0 Å². The fourth-order valence-electron chi connectivity index (χ4n) is 13.3. The van der Waals surface area contributed by atoms with Gasteiger partial charge in [0.05, 0.1) is 67.3 Å². The SMILES string of the molecule is Fc1c(F)c(F)c(-c2c(-n3c4ccc(-c5cccnc5-c5ccccc5)cc4c4cc(-c5cccnc5-c5ccccc5)ccc43)cc(C(F)(F)F)cc2-n2c3ccc(-c4cccnc4-c4ccccc4)cc3c3cc(-c4cccnc4-c4ccccc4)ccc32)c(F)c1F. The minimum Gasteiger partial charge on any atom is -0.309 e. The van der Waals surface area contributed by atoms with Crippen LogP contribution in [0.15, 0.2) is 280 Å². The lowest BCUT2D eigenvalue weighted by atomic mass is 9.95. The number of benzene rings is 10. The predicted octanol–water partition coefficient (Wildman–Crippen LogP) is 22.2. The minimum absolute atomic E-state index is 0.226. The summed E-state index contributed by atoms with van der Waals surface area (Å²) in [6, 6.07) is 75.5. The number of fused-ring (bicyclic) bond motifs is 6. The molecule has 0 amide bonds. The molecule has 0 aliphatic rings. The van der Waals surface area contributed by atoms with Crippen LogP contribution in [0.4, 0.5) is 35.1 Å². The average Bonchev–Trinajstić information content (AvgIpc) is 1.61. The van der Waals surface area contributed by atoms with Crippen molar-refractivity contribution in [3.63, 3.8) is 0 Å². The molecule has 10 aromatic carbocycles. The molecule has 16 aromatic rings. The fourth-order valence-corrected chi connectivity index (χ4v) is 13.3. The fraction of sp³-hybridized carbons (Fsp3) is 0.0123. The largest absolute Gasteiger partial charge is 0.416 e. The topological polar surface area (TPSA) is 61.4 Å². The van der Waals surface area contributed by atoms with Gasteiger partial charge in [-0.25, -0.2) is 22.0 Å². The van der Waals surface area contributed by atoms with Gasteiger partial charge in [-0.1, -0.05) is 170 Å². The van der Waals surface area contributed by atoms with Gasteiger partial charge in [-0.3, -0.25) is 19.9 Å². The van der Waals surface area contributed by atoms with Crippen LogP contribution >= 0.6 is 0 Å². The Labute approximate surface area is 537 Å². The molecule has 0 spiro atoms. The van der Waals surface area contributed by atoms with Crippen molar-refractivity contribution in [1.82, 2.24) is 29.1 Å². The molecule has 0 bridgehead atoms. The van der Waals surface area contributed by atoms with Gasteiger partial charge < -0.3 is 9.13 Å². The number of alkyl halides is 3. The van der Waals surface area contributed by atoms with Crippen LogP contribution in [0, 0.1) is 29.1 Å². The van der Waals surface area contributed by atoms with E-state index in [1.807, 2.05) is 170 Å². The summed E-state index contributed by atoms with van der Waals surface area (Å²) in [5.74, 6) is -11.6. The number of halogens is 8. The van der Waals surface area contributed by atoms with Crippen molar-refractivity contribution in [2.45, 2.75) is 6.18 Å². The van der Waals surface area contributed by atoms with Crippen LogP contribution in [0.25, 0.3) is 156 Å². The summed E-state index contributed by atoms with van der Waals surface area (Å²) >= 11 is 0. The molecule has 0 saturated heterocycles. The summed E-state index contributed by atoms with van der Waals surface area (Å²) in [4.78, 5) is 19.2. The number of rotatable bonds is 11. The summed E-state index contributed by atoms with van der Waals surface area (Å²) in [6.45, 7) is 0. The molecule has 0 saturated carbocycles. The third-order valence-electron chi connectivity index (χ3n) is 17.6. The highest BCUT2D eigenvalue weighted by Gasteiger charge is 2.38. The van der Waals surface area contributed by atoms with Crippen LogP contribution in [-0.2, 0) is 6.18 Å². The van der Waals surface area contributed by atoms with Crippen LogP contribution < -0.4 is 0 Å². The Kier molecular flexibility index (Phi) is 14.2. The summed E-state index contributed by atoms with van der Waals surface area (Å²) < 4.78 is 136. The molecule has 0 aliphatic heterocycles. The Hall–Kier alpha value is -12.2. The van der Waals surface area contributed by atoms with Crippen LogP contribution in [0.5, 0.6) is 0 Å². The Bertz CT molecular complexity index is 5100. The summed E-state index contributed by atoms with van der Waals surface area (Å²) in [6.07, 6.45) is 1.50. The third-order valence-corrected chi connectivity index (χ3v) is 17.6. The first-order valence-corrected chi connectivity index (χ1v) is 30.4. The lowest BCUT2D eigenvalue weighted by Gasteiger charge is -2.23. The number of hydrogen-bond donors (Lipinski definition) is 0. The number of aromatic nitrogens is 6. The molecule has 0 N–H and O–H groups in total. The molecule has 0 unspecified atom stereocenters. The smallest absolute Gasteiger partial charge is 0.309 e. The molecular formula is C81H46F8N6. The zero-order valence-corrected chi connectivity index (χ0v) is 49.8. The van der Waals surface area contributed by atoms with Crippen LogP contribution in [0.3, 0.4) is 0 Å². The average molecular weight is 1260 g/mol. The van der Waals surface area contributed by atoms with E-state index in [1.165, 1.54) is 9.13 Å². The lowest BCUT2D eigenvalue weighted by Crippen LogP contribution is -2.13. The van der Waals surface area contributed by atoms with Crippen molar-refractivity contribution in [2.24, 2.45) is 0 Å². The standard InChI is InChI=1S/C81H46F8N6/c82-72-71(73(83)75(85)76(86)74(72)84)70-68(94-64-33-29-51(56-25-13-37-90-77(56)47-17-5-1-6-18-47)41-60(64)61-42-52(30-34-65(61)94)57-26-14-38-91-78(57)48-19-7-2-8-20-48)45-55(81(87,88)89)46-69(70)95-66-35-31-53(58-27-15-39-92-79(58)49-21-9-3-10-22-49)43-62(66)63-44-54(32-36-67(63)95)59-28-16-40-93-80(59)50-23-11-4-12-24-50/h1-46H. The molecular weight excluding hydrogens is 1210 g/mol. The Morgan fingerprint density at radius 3 is 0.779 bits per heavy atom. The van der Waals surface area contributed by atoms with E-state index in [-0.39, 0.29) is 22.1 Å². The molecule has 16 rings (SSSR count). The second-order valence-corrected chi connectivity index (χ2v) is 23.0. The van der Waals surface area contributed by atoms with Gasteiger partial charge in [-0.15, -0.1) is 0 Å². The zero-order chi connectivity index (χ0) is 64.6. The highest BCUT2D eigenvalue weighted by molar-refractivity contribution is 6.15. The van der Waals surface area contributed by atoms with E-state index in [4.69, 9.17) is 19.9 Å². The maximum absolute atomic E-state index is 17.6. The van der Waals surface area contributed by atoms with E-state index in [2.05, 4.69) is 0 Å². The van der Waals surface area contributed by atoms with Crippen molar-refractivity contribution >= 4 is 43.6 Å². The maximum atomic E-state index is 17.6. The molecule has 456 valence electrons. The van der Waals surface area contributed by atoms with E-state index in [9.17, 15) is 0 Å². The first-order chi connectivity index (χ1) is 46.4. The van der Waals surface area contributed by atoms with E-state index in [0.717, 1.165) is 22.3 Å². The maximum Gasteiger partial charge on any atom is 0.416 e. The molecule has 95 heavy (non-hydrogen) atoms. The van der Waals surface area contributed by atoms with Crippen LogP contribution in [0.1, 0.15) is 5.56 Å². The predicted molar refractivity (Wildman–Crippen MR) is 360 cm³/mol. The zero-order valence-electron chi connectivity index (χ0n) is 49.8. The lowest BCUT2D eigenvalue weighted by molar-refractivity contribution is -0.137. The van der Waals surface area contributed by atoms with Gasteiger partial charge in [-0.2, -0.15) is 13.2 Å². The van der Waals surface area contributed by atoms with Crippen molar-refractivity contribution in [3.8, 4) is 112 Å². The van der Waals surface area contributed by atoms with E-state index < -0.39 is 63.3 Å². The van der Waals surface area contributed by atoms with Crippen molar-refractivity contribution < 1.29 is 35.1 Å². The Morgan fingerprint density at radius 1 is 0.253 bits per heavy atom. The third kappa shape index (κ3) is 9.88. The number of hydrogen-bond acceptors (Lipinski definition) is 4. The van der Waals surface area contributed by atoms with E-state index in [0.29, 0.717) is 101 Å². The number of pyridine rings is 4. The molecule has 0 radical (unpaired) electrons. The molecule has 0 fully saturated rings. The molecule has 0 aliphatic carbocycles. The van der Waals surface area contributed by atoms with Gasteiger partial charge in [-0.05, 0) is 107 Å². The first-order valence-electron chi connectivity index (χ1n) is 30.4. The highest BCUT2D eigenvalue weighted by Crippen LogP contribution is 2.50. The second kappa shape index (κ2) is 23.2. The van der Waals surface area contributed by atoms with Gasteiger partial charge in [0.2, 0.25) is 5.82 Å². The van der Waals surface area contributed by atoms with Gasteiger partial charge in [0, 0.05) is 96.4 Å².